The standard InChI is InChI=1S/C15H16N4O3/c1-18-14(20)6-5-12(17-18)15(21)19-8-9-22-13(10-19)11-4-2-3-7-16-11/h2-7,13H,8-10H2,1H3. The lowest BCUT2D eigenvalue weighted by Crippen LogP contribution is -2.43. The molecular weight excluding hydrogens is 284 g/mol. The molecule has 114 valence electrons. The van der Waals surface area contributed by atoms with E-state index in [1.165, 1.54) is 19.2 Å². The van der Waals surface area contributed by atoms with Gasteiger partial charge >= 0.3 is 0 Å². The summed E-state index contributed by atoms with van der Waals surface area (Å²) in [6.45, 7) is 1.35. The van der Waals surface area contributed by atoms with E-state index in [2.05, 4.69) is 10.1 Å². The molecule has 0 aromatic carbocycles. The fraction of sp³-hybridized carbons (Fsp3) is 0.333. The van der Waals surface area contributed by atoms with E-state index in [0.717, 1.165) is 10.4 Å². The van der Waals surface area contributed by atoms with Crippen LogP contribution in [0, 0.1) is 0 Å². The number of carbonyl (C=O) groups is 1. The van der Waals surface area contributed by atoms with Gasteiger partial charge in [-0.25, -0.2) is 4.68 Å². The monoisotopic (exact) mass is 300 g/mol. The number of carbonyl (C=O) groups excluding carboxylic acids is 1. The number of rotatable bonds is 2. The van der Waals surface area contributed by atoms with Crippen LogP contribution in [0.3, 0.4) is 0 Å². The molecule has 2 aromatic heterocycles. The molecule has 0 N–H and O–H groups in total. The number of aromatic nitrogens is 3. The van der Waals surface area contributed by atoms with Crippen LogP contribution in [0.5, 0.6) is 0 Å². The van der Waals surface area contributed by atoms with Crippen molar-refractivity contribution in [3.63, 3.8) is 0 Å². The van der Waals surface area contributed by atoms with Crippen molar-refractivity contribution in [1.82, 2.24) is 19.7 Å². The number of aryl methyl sites for hydroxylation is 1. The second-order valence-electron chi connectivity index (χ2n) is 5.05. The van der Waals surface area contributed by atoms with Crippen LogP contribution in [0.1, 0.15) is 22.3 Å². The molecule has 7 heteroatoms. The molecule has 0 saturated carbocycles. The number of hydrogen-bond acceptors (Lipinski definition) is 5. The SMILES string of the molecule is Cn1nc(C(=O)N2CCOC(c3ccccn3)C2)ccc1=O. The van der Waals surface area contributed by atoms with E-state index < -0.39 is 0 Å². The highest BCUT2D eigenvalue weighted by Crippen LogP contribution is 2.21. The van der Waals surface area contributed by atoms with Crippen LogP contribution in [0.2, 0.25) is 0 Å². The van der Waals surface area contributed by atoms with Crippen molar-refractivity contribution in [1.29, 1.82) is 0 Å². The summed E-state index contributed by atoms with van der Waals surface area (Å²) in [5.74, 6) is -0.208. The van der Waals surface area contributed by atoms with Gasteiger partial charge in [0.1, 0.15) is 11.8 Å². The van der Waals surface area contributed by atoms with Gasteiger partial charge in [0.05, 0.1) is 18.8 Å². The van der Waals surface area contributed by atoms with E-state index in [4.69, 9.17) is 4.74 Å². The maximum absolute atomic E-state index is 12.5. The van der Waals surface area contributed by atoms with Crippen molar-refractivity contribution >= 4 is 5.91 Å². The third kappa shape index (κ3) is 2.89. The van der Waals surface area contributed by atoms with E-state index in [1.807, 2.05) is 18.2 Å². The molecule has 3 heterocycles. The van der Waals surface area contributed by atoms with Crippen molar-refractivity contribution in [2.45, 2.75) is 6.10 Å². The molecular formula is C15H16N4O3. The highest BCUT2D eigenvalue weighted by atomic mass is 16.5. The lowest BCUT2D eigenvalue weighted by Gasteiger charge is -2.32. The van der Waals surface area contributed by atoms with Crippen LogP contribution in [0.15, 0.2) is 41.3 Å². The molecule has 0 radical (unpaired) electrons. The average Bonchev–Trinajstić information content (AvgIpc) is 2.57. The van der Waals surface area contributed by atoms with Crippen molar-refractivity contribution in [2.24, 2.45) is 7.05 Å². The first kappa shape index (κ1) is 14.4. The second-order valence-corrected chi connectivity index (χ2v) is 5.05. The summed E-state index contributed by atoms with van der Waals surface area (Å²) in [6, 6.07) is 8.40. The van der Waals surface area contributed by atoms with Crippen LogP contribution < -0.4 is 5.56 Å². The summed E-state index contributed by atoms with van der Waals surface area (Å²) in [7, 11) is 1.52. The van der Waals surface area contributed by atoms with Gasteiger partial charge in [0, 0.05) is 25.9 Å². The molecule has 1 aliphatic heterocycles. The van der Waals surface area contributed by atoms with E-state index >= 15 is 0 Å². The van der Waals surface area contributed by atoms with Gasteiger partial charge in [-0.05, 0) is 18.2 Å². The van der Waals surface area contributed by atoms with Crippen LogP contribution in [0.25, 0.3) is 0 Å². The molecule has 1 amide bonds. The van der Waals surface area contributed by atoms with E-state index in [0.29, 0.717) is 19.7 Å². The molecule has 0 spiro atoms. The highest BCUT2D eigenvalue weighted by Gasteiger charge is 2.27. The van der Waals surface area contributed by atoms with E-state index in [9.17, 15) is 9.59 Å². The fourth-order valence-electron chi connectivity index (χ4n) is 2.36. The van der Waals surface area contributed by atoms with Crippen LogP contribution >= 0.6 is 0 Å². The van der Waals surface area contributed by atoms with Gasteiger partial charge in [-0.3, -0.25) is 14.6 Å². The Kier molecular flexibility index (Phi) is 3.97. The summed E-state index contributed by atoms with van der Waals surface area (Å²) in [5.41, 5.74) is 0.807. The predicted octanol–water partition coefficient (Wildman–Crippen LogP) is 0.389. The maximum Gasteiger partial charge on any atom is 0.274 e. The molecule has 1 aliphatic rings. The maximum atomic E-state index is 12.5. The van der Waals surface area contributed by atoms with Crippen molar-refractivity contribution in [3.8, 4) is 0 Å². The van der Waals surface area contributed by atoms with Crippen molar-refractivity contribution in [3.05, 3.63) is 58.3 Å². The number of amides is 1. The van der Waals surface area contributed by atoms with Gasteiger partial charge in [0.15, 0.2) is 0 Å². The number of hydrogen-bond donors (Lipinski definition) is 0. The first-order chi connectivity index (χ1) is 10.6. The van der Waals surface area contributed by atoms with Crippen LogP contribution in [0.4, 0.5) is 0 Å². The van der Waals surface area contributed by atoms with Gasteiger partial charge in [0.2, 0.25) is 0 Å². The quantitative estimate of drug-likeness (QED) is 0.802. The second kappa shape index (κ2) is 6.07. The number of nitrogens with zero attached hydrogens (tertiary/aromatic N) is 4. The molecule has 1 fully saturated rings. The molecule has 2 aromatic rings. The summed E-state index contributed by atoms with van der Waals surface area (Å²) in [4.78, 5) is 29.8. The number of pyridine rings is 1. The fourth-order valence-corrected chi connectivity index (χ4v) is 2.36. The summed E-state index contributed by atoms with van der Waals surface area (Å²) < 4.78 is 6.85. The number of ether oxygens (including phenoxy) is 1. The smallest absolute Gasteiger partial charge is 0.274 e. The van der Waals surface area contributed by atoms with E-state index in [1.54, 1.807) is 11.1 Å². The molecule has 0 bridgehead atoms. The summed E-state index contributed by atoms with van der Waals surface area (Å²) in [6.07, 6.45) is 1.46. The average molecular weight is 300 g/mol. The minimum atomic E-state index is -0.245. The largest absolute Gasteiger partial charge is 0.368 e. The lowest BCUT2D eigenvalue weighted by molar-refractivity contribution is -0.0249. The van der Waals surface area contributed by atoms with Crippen LogP contribution in [-0.4, -0.2) is 45.3 Å². The zero-order valence-electron chi connectivity index (χ0n) is 12.2. The first-order valence-corrected chi connectivity index (χ1v) is 7.01. The Labute approximate surface area is 127 Å². The lowest BCUT2D eigenvalue weighted by atomic mass is 10.2. The normalized spacial score (nSPS) is 18.2. The van der Waals surface area contributed by atoms with Gasteiger partial charge in [-0.15, -0.1) is 0 Å². The minimum Gasteiger partial charge on any atom is -0.368 e. The molecule has 7 nitrogen and oxygen atoms in total. The molecule has 0 aliphatic carbocycles. The third-order valence-electron chi connectivity index (χ3n) is 3.55. The molecule has 1 unspecified atom stereocenters. The summed E-state index contributed by atoms with van der Waals surface area (Å²) >= 11 is 0. The number of morpholine rings is 1. The highest BCUT2D eigenvalue weighted by molar-refractivity contribution is 5.92. The Morgan fingerprint density at radius 2 is 2.18 bits per heavy atom. The molecule has 22 heavy (non-hydrogen) atoms. The Morgan fingerprint density at radius 1 is 1.32 bits per heavy atom. The topological polar surface area (TPSA) is 77.3 Å². The Morgan fingerprint density at radius 3 is 2.91 bits per heavy atom. The Hall–Kier alpha value is -2.54. The summed E-state index contributed by atoms with van der Waals surface area (Å²) in [5, 5.41) is 4.00. The minimum absolute atomic E-state index is 0.208. The predicted molar refractivity (Wildman–Crippen MR) is 78.3 cm³/mol. The van der Waals surface area contributed by atoms with Gasteiger partial charge in [-0.1, -0.05) is 6.07 Å². The molecule has 1 saturated heterocycles. The van der Waals surface area contributed by atoms with E-state index in [-0.39, 0.29) is 23.3 Å². The van der Waals surface area contributed by atoms with Crippen molar-refractivity contribution < 1.29 is 9.53 Å². The first-order valence-electron chi connectivity index (χ1n) is 7.01. The van der Waals surface area contributed by atoms with Gasteiger partial charge in [-0.2, -0.15) is 5.10 Å². The van der Waals surface area contributed by atoms with Crippen LogP contribution in [-0.2, 0) is 11.8 Å². The molecule has 1 atom stereocenters. The van der Waals surface area contributed by atoms with Crippen molar-refractivity contribution in [2.75, 3.05) is 19.7 Å². The Bertz CT molecular complexity index is 729. The third-order valence-corrected chi connectivity index (χ3v) is 3.55. The van der Waals surface area contributed by atoms with Gasteiger partial charge < -0.3 is 9.64 Å². The zero-order chi connectivity index (χ0) is 15.5. The zero-order valence-corrected chi connectivity index (χ0v) is 12.2. The van der Waals surface area contributed by atoms with Gasteiger partial charge in [0.25, 0.3) is 11.5 Å². The molecule has 3 rings (SSSR count). The Balaban J connectivity index is 1.78.